The van der Waals surface area contributed by atoms with Gasteiger partial charge in [0.2, 0.25) is 17.7 Å². The number of rotatable bonds is 25. The van der Waals surface area contributed by atoms with Crippen LogP contribution in [0.4, 0.5) is 0 Å². The molecule has 4 atom stereocenters. The Balaban J connectivity index is 0.882. The Kier molecular flexibility index (Phi) is 19.4. The number of hydrogen-bond donors (Lipinski definition) is 2. The van der Waals surface area contributed by atoms with Gasteiger partial charge in [-0.15, -0.1) is 0 Å². The Hall–Kier alpha value is -7.60. The maximum Gasteiger partial charge on any atom is 0.329 e. The molecule has 6 amide bonds. The molecule has 4 aromatic rings. The number of amides is 6. The number of aryl methyl sites for hydroxylation is 4. The highest BCUT2D eigenvalue weighted by Crippen LogP contribution is 2.38. The molecule has 3 heterocycles. The third-order valence-electron chi connectivity index (χ3n) is 14.1. The van der Waals surface area contributed by atoms with E-state index in [1.807, 2.05) is 32.0 Å². The molecule has 4 aromatic carbocycles. The van der Waals surface area contributed by atoms with Gasteiger partial charge in [-0.2, -0.15) is 0 Å². The van der Waals surface area contributed by atoms with E-state index in [4.69, 9.17) is 28.4 Å². The molecular weight excluding hydrogens is 977 g/mol. The van der Waals surface area contributed by atoms with Crippen molar-refractivity contribution in [2.45, 2.75) is 116 Å². The van der Waals surface area contributed by atoms with E-state index in [0.29, 0.717) is 61.5 Å². The molecule has 7 rings (SSSR count). The number of methoxy groups -OCH3 is 2. The summed E-state index contributed by atoms with van der Waals surface area (Å²) in [5, 5.41) is 4.92. The van der Waals surface area contributed by atoms with Crippen molar-refractivity contribution in [1.82, 2.24) is 20.4 Å². The number of esters is 1. The molecule has 0 aliphatic carbocycles. The quantitative estimate of drug-likeness (QED) is 0.0398. The van der Waals surface area contributed by atoms with Gasteiger partial charge in [0.15, 0.2) is 23.9 Å². The number of benzene rings is 4. The number of nitrogens with one attached hydrogen (secondary N) is 2. The number of fused-ring (bicyclic) bond motifs is 1. The molecule has 0 radical (unpaired) electrons. The predicted octanol–water partition coefficient (Wildman–Crippen LogP) is 6.76. The first-order valence-electron chi connectivity index (χ1n) is 26.0. The standard InChI is InChI=1S/C58H68N4O14/c1-7-43(40-30-37(4)53(72-6)49(32-40)71-5)55(67)61-26-9-8-17-46(61)58(70)76-47(23-21-38-20-19-35(2)36(3)29-38)39-13-10-15-42(31-39)74-34-51(65)59-25-28-73-27-12-14-41(63)33-75-48-18-11-16-44-52(48)57(69)62(56(44)68)45-22-24-50(64)60-54(45)66/h10-11,13,15-16,18-20,29-32,43,45-47H,7-9,12,14,17,21-28,33-34H2,1-6H3,(H,59,65)(H,60,64,66)/t43-,45?,46-,47?/m0/s1. The van der Waals surface area contributed by atoms with E-state index in [0.717, 1.165) is 40.0 Å². The molecule has 0 saturated carbocycles. The van der Waals surface area contributed by atoms with Gasteiger partial charge in [0.25, 0.3) is 17.7 Å². The number of piperidine rings is 2. The first kappa shape index (κ1) is 56.1. The monoisotopic (exact) mass is 1040 g/mol. The number of carbonyl (C=O) groups is 8. The van der Waals surface area contributed by atoms with Gasteiger partial charge in [-0.05, 0) is 136 Å². The van der Waals surface area contributed by atoms with Gasteiger partial charge < -0.3 is 38.6 Å². The zero-order chi connectivity index (χ0) is 54.5. The molecule has 2 unspecified atom stereocenters. The topological polar surface area (TPSA) is 222 Å². The van der Waals surface area contributed by atoms with Crippen LogP contribution in [0.1, 0.15) is 131 Å². The van der Waals surface area contributed by atoms with Crippen molar-refractivity contribution in [2.75, 3.05) is 53.7 Å². The van der Waals surface area contributed by atoms with E-state index in [1.165, 1.54) is 23.8 Å². The highest BCUT2D eigenvalue weighted by molar-refractivity contribution is 6.24. The lowest BCUT2D eigenvalue weighted by Crippen LogP contribution is -2.54. The molecule has 2 N–H and O–H groups in total. The van der Waals surface area contributed by atoms with Gasteiger partial charge in [-0.25, -0.2) is 4.79 Å². The Labute approximate surface area is 443 Å². The van der Waals surface area contributed by atoms with Crippen molar-refractivity contribution in [3.05, 3.63) is 117 Å². The van der Waals surface area contributed by atoms with Crippen LogP contribution in [0.15, 0.2) is 72.8 Å². The largest absolute Gasteiger partial charge is 0.493 e. The number of likely N-dealkylation sites (tertiary alicyclic amines) is 1. The first-order valence-corrected chi connectivity index (χ1v) is 26.0. The summed E-state index contributed by atoms with van der Waals surface area (Å²) >= 11 is 0. The highest BCUT2D eigenvalue weighted by Gasteiger charge is 2.46. The highest BCUT2D eigenvalue weighted by atomic mass is 16.5. The number of hydrogen-bond acceptors (Lipinski definition) is 14. The lowest BCUT2D eigenvalue weighted by atomic mass is 9.91. The summed E-state index contributed by atoms with van der Waals surface area (Å²) in [7, 11) is 3.14. The number of Topliss-reactive ketones (excluding diaryl/α,β-unsaturated/α-hetero) is 1. The zero-order valence-corrected chi connectivity index (χ0v) is 44.2. The van der Waals surface area contributed by atoms with Gasteiger partial charge in [-0.3, -0.25) is 43.8 Å². The first-order chi connectivity index (χ1) is 36.6. The van der Waals surface area contributed by atoms with Crippen molar-refractivity contribution in [2.24, 2.45) is 0 Å². The van der Waals surface area contributed by atoms with E-state index in [1.54, 1.807) is 37.3 Å². The van der Waals surface area contributed by atoms with E-state index in [9.17, 15) is 38.4 Å². The molecule has 2 saturated heterocycles. The van der Waals surface area contributed by atoms with Crippen LogP contribution in [-0.2, 0) is 44.7 Å². The normalized spacial score (nSPS) is 17.1. The van der Waals surface area contributed by atoms with Crippen LogP contribution in [-0.4, -0.2) is 123 Å². The predicted molar refractivity (Wildman–Crippen MR) is 278 cm³/mol. The number of carbonyl (C=O) groups excluding carboxylic acids is 8. The molecule has 0 bridgehead atoms. The van der Waals surface area contributed by atoms with Crippen LogP contribution in [0, 0.1) is 20.8 Å². The van der Waals surface area contributed by atoms with Crippen LogP contribution in [0.25, 0.3) is 0 Å². The minimum atomic E-state index is -1.13. The molecule has 2 fully saturated rings. The van der Waals surface area contributed by atoms with Crippen LogP contribution in [0.2, 0.25) is 0 Å². The lowest BCUT2D eigenvalue weighted by Gasteiger charge is -2.37. The minimum absolute atomic E-state index is 0.00924. The fraction of sp³-hybridized carbons (Fsp3) is 0.448. The van der Waals surface area contributed by atoms with Gasteiger partial charge in [0, 0.05) is 32.5 Å². The van der Waals surface area contributed by atoms with Crippen molar-refractivity contribution in [3.8, 4) is 23.0 Å². The SMILES string of the molecule is CC[C@H](C(=O)N1CCCC[C@H]1C(=O)OC(CCc1ccc(C)c(C)c1)c1cccc(OCC(=O)NCCOCCCC(=O)COc2cccc3c2C(=O)N(C2CCC(=O)NC2=O)C3=O)c1)c1cc(C)c(OC)c(OC)c1. The van der Waals surface area contributed by atoms with Gasteiger partial charge in [0.1, 0.15) is 36.3 Å². The molecule has 404 valence electrons. The molecule has 76 heavy (non-hydrogen) atoms. The molecule has 18 heteroatoms. The van der Waals surface area contributed by atoms with Crippen LogP contribution >= 0.6 is 0 Å². The van der Waals surface area contributed by atoms with E-state index >= 15 is 0 Å². The molecule has 3 aliphatic heterocycles. The maximum absolute atomic E-state index is 14.4. The average molecular weight is 1050 g/mol. The molecular formula is C58H68N4O14. The second kappa shape index (κ2) is 26.2. The molecule has 0 aromatic heterocycles. The van der Waals surface area contributed by atoms with Gasteiger partial charge in [-0.1, -0.05) is 49.4 Å². The summed E-state index contributed by atoms with van der Waals surface area (Å²) in [5.74, 6) is -2.81. The third kappa shape index (κ3) is 13.6. The van der Waals surface area contributed by atoms with Gasteiger partial charge in [0.05, 0.1) is 37.9 Å². The summed E-state index contributed by atoms with van der Waals surface area (Å²) in [6.45, 7) is 8.35. The average Bonchev–Trinajstić information content (AvgIpc) is 3.69. The Bertz CT molecular complexity index is 2830. The Morgan fingerprint density at radius 3 is 2.34 bits per heavy atom. The maximum atomic E-state index is 14.4. The number of nitrogens with zero attached hydrogens (tertiary/aromatic N) is 2. The summed E-state index contributed by atoms with van der Waals surface area (Å²) in [6.07, 6.45) is 3.37. The van der Waals surface area contributed by atoms with Crippen molar-refractivity contribution in [3.63, 3.8) is 0 Å². The van der Waals surface area contributed by atoms with E-state index in [-0.39, 0.29) is 86.7 Å². The van der Waals surface area contributed by atoms with Crippen LogP contribution < -0.4 is 29.6 Å². The third-order valence-corrected chi connectivity index (χ3v) is 14.1. The van der Waals surface area contributed by atoms with Crippen molar-refractivity contribution < 1.29 is 66.8 Å². The van der Waals surface area contributed by atoms with Gasteiger partial charge >= 0.3 is 5.97 Å². The van der Waals surface area contributed by atoms with Crippen LogP contribution in [0.5, 0.6) is 23.0 Å². The molecule has 0 spiro atoms. The molecule has 18 nitrogen and oxygen atoms in total. The summed E-state index contributed by atoms with van der Waals surface area (Å²) < 4.78 is 34.8. The molecule has 3 aliphatic rings. The summed E-state index contributed by atoms with van der Waals surface area (Å²) in [6, 6.07) is 19.7. The summed E-state index contributed by atoms with van der Waals surface area (Å²) in [4.78, 5) is 107. The fourth-order valence-electron chi connectivity index (χ4n) is 9.92. The number of imide groups is 2. The van der Waals surface area contributed by atoms with Crippen molar-refractivity contribution in [1.29, 1.82) is 0 Å². The Morgan fingerprint density at radius 2 is 1.59 bits per heavy atom. The van der Waals surface area contributed by atoms with Crippen molar-refractivity contribution >= 4 is 47.2 Å². The summed E-state index contributed by atoms with van der Waals surface area (Å²) in [5.41, 5.74) is 5.75. The fourth-order valence-corrected chi connectivity index (χ4v) is 9.92. The van der Waals surface area contributed by atoms with E-state index in [2.05, 4.69) is 42.7 Å². The number of ether oxygens (including phenoxy) is 6. The minimum Gasteiger partial charge on any atom is -0.493 e. The van der Waals surface area contributed by atoms with Crippen LogP contribution in [0.3, 0.4) is 0 Å². The second-order valence-corrected chi connectivity index (χ2v) is 19.3. The Morgan fingerprint density at radius 1 is 0.789 bits per heavy atom. The zero-order valence-electron chi connectivity index (χ0n) is 44.2. The second-order valence-electron chi connectivity index (χ2n) is 19.3. The number of ketones is 1. The smallest absolute Gasteiger partial charge is 0.329 e. The lowest BCUT2D eigenvalue weighted by molar-refractivity contribution is -0.162. The van der Waals surface area contributed by atoms with E-state index < -0.39 is 53.7 Å².